The Morgan fingerprint density at radius 1 is 0.800 bits per heavy atom. The van der Waals surface area contributed by atoms with Crippen LogP contribution in [0.4, 0.5) is 4.79 Å². The van der Waals surface area contributed by atoms with Gasteiger partial charge in [0.25, 0.3) is 5.24 Å². The van der Waals surface area contributed by atoms with Gasteiger partial charge in [-0.2, -0.15) is 0 Å². The molecule has 4 heteroatoms. The molecule has 1 atom stereocenters. The van der Waals surface area contributed by atoms with Gasteiger partial charge in [0, 0.05) is 16.7 Å². The van der Waals surface area contributed by atoms with Crippen LogP contribution in [-0.2, 0) is 0 Å². The molecule has 2 aliphatic rings. The Labute approximate surface area is 148 Å². The van der Waals surface area contributed by atoms with E-state index in [4.69, 9.17) is 0 Å². The summed E-state index contributed by atoms with van der Waals surface area (Å²) in [6.07, 6.45) is 0. The standard InChI is InChI=1S/C21H13NO2S/c23-19-15-10-4-3-9-14(15)18-17(19)20(25-21(24)22-18)16-11-5-7-12-6-1-2-8-13(12)16/h1-11,20H,(H,22,24)/t20-/m0/s1. The zero-order valence-electron chi connectivity index (χ0n) is 13.2. The molecular formula is C21H13NO2S. The Bertz CT molecular complexity index is 1090. The Hall–Kier alpha value is -2.85. The van der Waals surface area contributed by atoms with E-state index in [9.17, 15) is 9.59 Å². The number of hydrogen-bond donors (Lipinski definition) is 1. The third-order valence-corrected chi connectivity index (χ3v) is 5.82. The summed E-state index contributed by atoms with van der Waals surface area (Å²) in [5.74, 6) is 0.0102. The van der Waals surface area contributed by atoms with Gasteiger partial charge in [0.15, 0.2) is 5.78 Å². The van der Waals surface area contributed by atoms with Gasteiger partial charge in [-0.3, -0.25) is 9.59 Å². The van der Waals surface area contributed by atoms with Crippen molar-refractivity contribution in [2.45, 2.75) is 5.25 Å². The molecule has 0 unspecified atom stereocenters. The highest BCUT2D eigenvalue weighted by atomic mass is 32.2. The molecule has 0 fully saturated rings. The Balaban J connectivity index is 1.76. The lowest BCUT2D eigenvalue weighted by atomic mass is 9.96. The lowest BCUT2D eigenvalue weighted by molar-refractivity contribution is 0.103. The van der Waals surface area contributed by atoms with Crippen molar-refractivity contribution in [3.05, 3.63) is 89.0 Å². The van der Waals surface area contributed by atoms with Crippen molar-refractivity contribution in [2.75, 3.05) is 0 Å². The van der Waals surface area contributed by atoms with Crippen molar-refractivity contribution in [3.8, 4) is 0 Å². The molecule has 25 heavy (non-hydrogen) atoms. The molecule has 3 aromatic rings. The number of carbonyl (C=O) groups is 2. The summed E-state index contributed by atoms with van der Waals surface area (Å²) in [7, 11) is 0. The Kier molecular flexibility index (Phi) is 3.09. The molecule has 120 valence electrons. The number of fused-ring (bicyclic) bond motifs is 3. The zero-order chi connectivity index (χ0) is 17.0. The van der Waals surface area contributed by atoms with E-state index >= 15 is 0 Å². The molecule has 0 spiro atoms. The molecular weight excluding hydrogens is 330 g/mol. The van der Waals surface area contributed by atoms with Gasteiger partial charge in [0.05, 0.1) is 10.9 Å². The number of ketones is 1. The van der Waals surface area contributed by atoms with Crippen LogP contribution < -0.4 is 5.32 Å². The quantitative estimate of drug-likeness (QED) is 0.680. The number of nitrogens with one attached hydrogen (secondary N) is 1. The van der Waals surface area contributed by atoms with Gasteiger partial charge < -0.3 is 5.32 Å². The van der Waals surface area contributed by atoms with E-state index in [0.29, 0.717) is 16.8 Å². The van der Waals surface area contributed by atoms with Crippen LogP contribution in [0.2, 0.25) is 0 Å². The van der Waals surface area contributed by atoms with E-state index in [1.54, 1.807) is 0 Å². The minimum atomic E-state index is -0.297. The third-order valence-electron chi connectivity index (χ3n) is 4.77. The molecule has 3 nitrogen and oxygen atoms in total. The number of benzene rings is 3. The Morgan fingerprint density at radius 2 is 1.52 bits per heavy atom. The molecule has 1 N–H and O–H groups in total. The molecule has 1 amide bonds. The fourth-order valence-electron chi connectivity index (χ4n) is 3.68. The minimum Gasteiger partial charge on any atom is -0.316 e. The highest BCUT2D eigenvalue weighted by Gasteiger charge is 2.40. The number of Topliss-reactive ketones (excluding diaryl/α,β-unsaturated/α-hetero) is 1. The lowest BCUT2D eigenvalue weighted by Crippen LogP contribution is -2.25. The molecule has 5 rings (SSSR count). The van der Waals surface area contributed by atoms with Crippen LogP contribution in [0.3, 0.4) is 0 Å². The summed E-state index contributed by atoms with van der Waals surface area (Å²) in [6, 6.07) is 21.6. The van der Waals surface area contributed by atoms with E-state index in [1.165, 1.54) is 11.8 Å². The average Bonchev–Trinajstić information content (AvgIpc) is 2.93. The predicted molar refractivity (Wildman–Crippen MR) is 101 cm³/mol. The first-order valence-corrected chi connectivity index (χ1v) is 8.95. The molecule has 1 heterocycles. The molecule has 0 aromatic heterocycles. The van der Waals surface area contributed by atoms with Gasteiger partial charge >= 0.3 is 0 Å². The summed E-state index contributed by atoms with van der Waals surface area (Å²) >= 11 is 1.18. The molecule has 0 bridgehead atoms. The zero-order valence-corrected chi connectivity index (χ0v) is 14.0. The maximum Gasteiger partial charge on any atom is 0.284 e. The lowest BCUT2D eigenvalue weighted by Gasteiger charge is -2.25. The monoisotopic (exact) mass is 343 g/mol. The molecule has 1 aliphatic carbocycles. The van der Waals surface area contributed by atoms with Gasteiger partial charge in [0.1, 0.15) is 0 Å². The van der Waals surface area contributed by atoms with E-state index in [0.717, 1.165) is 21.9 Å². The summed E-state index contributed by atoms with van der Waals surface area (Å²) in [5.41, 5.74) is 3.85. The second-order valence-electron chi connectivity index (χ2n) is 6.14. The van der Waals surface area contributed by atoms with E-state index in [1.807, 2.05) is 66.7 Å². The van der Waals surface area contributed by atoms with Crippen molar-refractivity contribution in [1.82, 2.24) is 5.32 Å². The molecule has 0 saturated heterocycles. The summed E-state index contributed by atoms with van der Waals surface area (Å²) in [5, 5.41) is 4.66. The van der Waals surface area contributed by atoms with E-state index in [2.05, 4.69) is 5.32 Å². The van der Waals surface area contributed by atoms with E-state index < -0.39 is 0 Å². The smallest absolute Gasteiger partial charge is 0.284 e. The predicted octanol–water partition coefficient (Wildman–Crippen LogP) is 4.94. The molecule has 0 saturated carbocycles. The normalized spacial score (nSPS) is 19.0. The first-order valence-electron chi connectivity index (χ1n) is 8.07. The van der Waals surface area contributed by atoms with Crippen molar-refractivity contribution >= 4 is 39.3 Å². The SMILES string of the molecule is O=C1NC2=C(C(=O)c3ccccc32)[C@H](c2cccc3ccccc23)S1. The van der Waals surface area contributed by atoms with Crippen LogP contribution in [-0.4, -0.2) is 11.0 Å². The molecule has 3 aromatic carbocycles. The van der Waals surface area contributed by atoms with Crippen LogP contribution in [0.5, 0.6) is 0 Å². The van der Waals surface area contributed by atoms with Crippen LogP contribution in [0.1, 0.15) is 26.7 Å². The first kappa shape index (κ1) is 14.5. The minimum absolute atomic E-state index is 0.0102. The van der Waals surface area contributed by atoms with Crippen LogP contribution in [0, 0.1) is 0 Å². The largest absolute Gasteiger partial charge is 0.316 e. The van der Waals surface area contributed by atoms with Crippen molar-refractivity contribution in [1.29, 1.82) is 0 Å². The Morgan fingerprint density at radius 3 is 2.40 bits per heavy atom. The number of amides is 1. The van der Waals surface area contributed by atoms with Gasteiger partial charge in [0.2, 0.25) is 0 Å². The fraction of sp³-hybridized carbons (Fsp3) is 0.0476. The van der Waals surface area contributed by atoms with E-state index in [-0.39, 0.29) is 16.3 Å². The van der Waals surface area contributed by atoms with Gasteiger partial charge in [-0.25, -0.2) is 0 Å². The van der Waals surface area contributed by atoms with Crippen molar-refractivity contribution < 1.29 is 9.59 Å². The van der Waals surface area contributed by atoms with Crippen LogP contribution in [0.25, 0.3) is 16.5 Å². The topological polar surface area (TPSA) is 46.2 Å². The second-order valence-corrected chi connectivity index (χ2v) is 7.22. The second kappa shape index (κ2) is 5.33. The van der Waals surface area contributed by atoms with Crippen LogP contribution >= 0.6 is 11.8 Å². The van der Waals surface area contributed by atoms with Gasteiger partial charge in [-0.15, -0.1) is 0 Å². The summed E-state index contributed by atoms with van der Waals surface area (Å²) in [6.45, 7) is 0. The summed E-state index contributed by atoms with van der Waals surface area (Å²) in [4.78, 5) is 25.4. The van der Waals surface area contributed by atoms with Crippen molar-refractivity contribution in [2.24, 2.45) is 0 Å². The van der Waals surface area contributed by atoms with Crippen molar-refractivity contribution in [3.63, 3.8) is 0 Å². The number of rotatable bonds is 1. The fourth-order valence-corrected chi connectivity index (χ4v) is 4.73. The average molecular weight is 343 g/mol. The third kappa shape index (κ3) is 2.07. The highest BCUT2D eigenvalue weighted by molar-refractivity contribution is 8.14. The number of carbonyl (C=O) groups excluding carboxylic acids is 2. The maximum absolute atomic E-state index is 13.0. The van der Waals surface area contributed by atoms with Gasteiger partial charge in [-0.1, -0.05) is 78.5 Å². The van der Waals surface area contributed by atoms with Crippen LogP contribution in [0.15, 0.2) is 72.3 Å². The highest BCUT2D eigenvalue weighted by Crippen LogP contribution is 2.49. The maximum atomic E-state index is 13.0. The first-order chi connectivity index (χ1) is 12.2. The molecule has 0 radical (unpaired) electrons. The number of hydrogen-bond acceptors (Lipinski definition) is 3. The van der Waals surface area contributed by atoms with Gasteiger partial charge in [-0.05, 0) is 16.3 Å². The molecule has 1 aliphatic heterocycles. The summed E-state index contributed by atoms with van der Waals surface area (Å²) < 4.78 is 0. The number of thioether (sulfide) groups is 1.